The average molecular weight is 471 g/mol. The van der Waals surface area contributed by atoms with E-state index >= 15 is 0 Å². The minimum absolute atomic E-state index is 0.234. The van der Waals surface area contributed by atoms with Crippen molar-refractivity contribution >= 4 is 11.7 Å². The zero-order valence-corrected chi connectivity index (χ0v) is 19.4. The summed E-state index contributed by atoms with van der Waals surface area (Å²) in [6.45, 7) is 0.567. The van der Waals surface area contributed by atoms with Gasteiger partial charge < -0.3 is 18.8 Å². The molecule has 0 spiro atoms. The van der Waals surface area contributed by atoms with Crippen molar-refractivity contribution in [1.82, 2.24) is 5.16 Å². The Labute approximate surface area is 203 Å². The summed E-state index contributed by atoms with van der Waals surface area (Å²) in [5, 5.41) is 8.38. The lowest BCUT2D eigenvalue weighted by atomic mass is 10.1. The fourth-order valence-corrected chi connectivity index (χ4v) is 3.34. The van der Waals surface area contributed by atoms with Crippen LogP contribution in [0.15, 0.2) is 101 Å². The van der Waals surface area contributed by atoms with Gasteiger partial charge in [0.2, 0.25) is 0 Å². The Bertz CT molecular complexity index is 1240. The fraction of sp³-hybridized carbons (Fsp3) is 0.179. The molecule has 0 bridgehead atoms. The highest BCUT2D eigenvalue weighted by molar-refractivity contribution is 6.01. The summed E-state index contributed by atoms with van der Waals surface area (Å²) in [6, 6.07) is 28.9. The van der Waals surface area contributed by atoms with Crippen molar-refractivity contribution in [2.75, 3.05) is 7.11 Å². The fourth-order valence-electron chi connectivity index (χ4n) is 3.34. The third kappa shape index (κ3) is 7.04. The molecule has 0 aliphatic carbocycles. The average Bonchev–Trinajstić information content (AvgIpc) is 3.40. The molecule has 0 atom stereocenters. The predicted octanol–water partition coefficient (Wildman–Crippen LogP) is 5.79. The number of ether oxygens (including phenoxy) is 2. The molecule has 7 heteroatoms. The van der Waals surface area contributed by atoms with Crippen LogP contribution in [0.2, 0.25) is 0 Å². The molecule has 0 N–H and O–H groups in total. The standard InChI is InChI=1S/C28H26N2O5/c1-32-28(31)17-16-26(22-8-4-2-5-9-22)29-34-19-21-12-14-24(15-13-21)33-20-25-18-27(30-35-25)23-10-6-3-7-11-23/h2-15,18H,16-17,19-20H2,1H3. The molecule has 3 aromatic carbocycles. The summed E-state index contributed by atoms with van der Waals surface area (Å²) in [5.41, 5.74) is 4.31. The van der Waals surface area contributed by atoms with Crippen molar-refractivity contribution in [3.63, 3.8) is 0 Å². The smallest absolute Gasteiger partial charge is 0.305 e. The van der Waals surface area contributed by atoms with E-state index in [1.165, 1.54) is 7.11 Å². The van der Waals surface area contributed by atoms with Crippen LogP contribution in [-0.2, 0) is 27.6 Å². The molecule has 0 amide bonds. The third-order valence-corrected chi connectivity index (χ3v) is 5.24. The number of benzene rings is 3. The molecule has 7 nitrogen and oxygen atoms in total. The molecule has 35 heavy (non-hydrogen) atoms. The number of oxime groups is 1. The zero-order chi connectivity index (χ0) is 24.3. The maximum Gasteiger partial charge on any atom is 0.305 e. The van der Waals surface area contributed by atoms with Gasteiger partial charge in [-0.25, -0.2) is 0 Å². The van der Waals surface area contributed by atoms with Gasteiger partial charge in [-0.3, -0.25) is 4.79 Å². The van der Waals surface area contributed by atoms with E-state index in [0.29, 0.717) is 23.6 Å². The number of hydrogen-bond donors (Lipinski definition) is 0. The normalized spacial score (nSPS) is 11.2. The lowest BCUT2D eigenvalue weighted by molar-refractivity contribution is -0.140. The Morgan fingerprint density at radius 2 is 1.60 bits per heavy atom. The zero-order valence-electron chi connectivity index (χ0n) is 19.4. The van der Waals surface area contributed by atoms with Crippen molar-refractivity contribution < 1.29 is 23.6 Å². The van der Waals surface area contributed by atoms with Crippen molar-refractivity contribution in [1.29, 1.82) is 0 Å². The molecule has 0 radical (unpaired) electrons. The van der Waals surface area contributed by atoms with Gasteiger partial charge in [0.25, 0.3) is 0 Å². The van der Waals surface area contributed by atoms with E-state index in [2.05, 4.69) is 10.3 Å². The van der Waals surface area contributed by atoms with Gasteiger partial charge in [-0.1, -0.05) is 83.1 Å². The first-order valence-corrected chi connectivity index (χ1v) is 11.2. The van der Waals surface area contributed by atoms with E-state index in [0.717, 1.165) is 22.4 Å². The molecule has 0 unspecified atom stereocenters. The first-order chi connectivity index (χ1) is 17.2. The van der Waals surface area contributed by atoms with Crippen LogP contribution in [-0.4, -0.2) is 23.9 Å². The van der Waals surface area contributed by atoms with Gasteiger partial charge in [-0.2, -0.15) is 0 Å². The third-order valence-electron chi connectivity index (χ3n) is 5.24. The monoisotopic (exact) mass is 470 g/mol. The molecule has 0 saturated heterocycles. The van der Waals surface area contributed by atoms with Crippen LogP contribution in [0.3, 0.4) is 0 Å². The number of nitrogens with zero attached hydrogens (tertiary/aromatic N) is 2. The minimum Gasteiger partial charge on any atom is -0.486 e. The van der Waals surface area contributed by atoms with E-state index in [4.69, 9.17) is 18.8 Å². The van der Waals surface area contributed by atoms with Crippen LogP contribution < -0.4 is 4.74 Å². The molecule has 0 aliphatic rings. The molecule has 178 valence electrons. The largest absolute Gasteiger partial charge is 0.486 e. The van der Waals surface area contributed by atoms with E-state index < -0.39 is 0 Å². The first kappa shape index (κ1) is 23.8. The van der Waals surface area contributed by atoms with Crippen molar-refractivity contribution in [3.8, 4) is 17.0 Å². The van der Waals surface area contributed by atoms with Crippen molar-refractivity contribution in [3.05, 3.63) is 108 Å². The van der Waals surface area contributed by atoms with E-state index in [1.807, 2.05) is 91.0 Å². The Hall–Kier alpha value is -4.39. The van der Waals surface area contributed by atoms with Crippen molar-refractivity contribution in [2.24, 2.45) is 5.16 Å². The lowest BCUT2D eigenvalue weighted by Gasteiger charge is -2.08. The summed E-state index contributed by atoms with van der Waals surface area (Å²) in [6.07, 6.45) is 0.661. The Morgan fingerprint density at radius 1 is 0.886 bits per heavy atom. The molecule has 1 aromatic heterocycles. The van der Waals surface area contributed by atoms with Gasteiger partial charge in [-0.15, -0.1) is 0 Å². The second kappa shape index (κ2) is 12.2. The second-order valence-corrected chi connectivity index (χ2v) is 7.73. The molecular weight excluding hydrogens is 444 g/mol. The summed E-state index contributed by atoms with van der Waals surface area (Å²) in [7, 11) is 1.37. The number of rotatable bonds is 11. The Balaban J connectivity index is 1.30. The van der Waals surface area contributed by atoms with Crippen LogP contribution in [0.5, 0.6) is 5.75 Å². The second-order valence-electron chi connectivity index (χ2n) is 7.73. The summed E-state index contributed by atoms with van der Waals surface area (Å²) in [4.78, 5) is 17.1. The maximum absolute atomic E-state index is 11.5. The molecule has 4 aromatic rings. The highest BCUT2D eigenvalue weighted by Gasteiger charge is 2.09. The van der Waals surface area contributed by atoms with E-state index in [-0.39, 0.29) is 25.6 Å². The summed E-state index contributed by atoms with van der Waals surface area (Å²) < 4.78 is 15.9. The van der Waals surface area contributed by atoms with Crippen LogP contribution >= 0.6 is 0 Å². The van der Waals surface area contributed by atoms with Crippen LogP contribution in [0.25, 0.3) is 11.3 Å². The van der Waals surface area contributed by atoms with E-state index in [9.17, 15) is 4.79 Å². The topological polar surface area (TPSA) is 83.2 Å². The van der Waals surface area contributed by atoms with Gasteiger partial charge in [0.1, 0.15) is 24.7 Å². The quantitative estimate of drug-likeness (QED) is 0.157. The Kier molecular flexibility index (Phi) is 8.27. The van der Waals surface area contributed by atoms with Crippen LogP contribution in [0.4, 0.5) is 0 Å². The minimum atomic E-state index is -0.286. The molecule has 4 rings (SSSR count). The maximum atomic E-state index is 11.5. The molecule has 0 saturated carbocycles. The van der Waals surface area contributed by atoms with Crippen LogP contribution in [0, 0.1) is 0 Å². The number of esters is 1. The van der Waals surface area contributed by atoms with Gasteiger partial charge >= 0.3 is 5.97 Å². The highest BCUT2D eigenvalue weighted by atomic mass is 16.6. The van der Waals surface area contributed by atoms with Crippen LogP contribution in [0.1, 0.15) is 29.7 Å². The molecular formula is C28H26N2O5. The molecule has 1 heterocycles. The van der Waals surface area contributed by atoms with E-state index in [1.54, 1.807) is 0 Å². The first-order valence-electron chi connectivity index (χ1n) is 11.2. The summed E-state index contributed by atoms with van der Waals surface area (Å²) in [5.74, 6) is 1.06. The molecule has 0 fully saturated rings. The predicted molar refractivity (Wildman–Crippen MR) is 132 cm³/mol. The highest BCUT2D eigenvalue weighted by Crippen LogP contribution is 2.20. The number of hydrogen-bond acceptors (Lipinski definition) is 7. The van der Waals surface area contributed by atoms with Gasteiger partial charge in [0.15, 0.2) is 5.76 Å². The van der Waals surface area contributed by atoms with Gasteiger partial charge in [0, 0.05) is 18.1 Å². The Morgan fingerprint density at radius 3 is 2.31 bits per heavy atom. The van der Waals surface area contributed by atoms with Gasteiger partial charge in [-0.05, 0) is 23.3 Å². The number of carbonyl (C=O) groups is 1. The van der Waals surface area contributed by atoms with Crippen molar-refractivity contribution in [2.45, 2.75) is 26.1 Å². The SMILES string of the molecule is COC(=O)CCC(=NOCc1ccc(OCc2cc(-c3ccccc3)no2)cc1)c1ccccc1. The number of methoxy groups -OCH3 is 1. The lowest BCUT2D eigenvalue weighted by Crippen LogP contribution is -2.08. The number of aromatic nitrogens is 1. The summed E-state index contributed by atoms with van der Waals surface area (Å²) >= 11 is 0. The van der Waals surface area contributed by atoms with Gasteiger partial charge in [0.05, 0.1) is 19.2 Å². The molecule has 0 aliphatic heterocycles. The number of carbonyl (C=O) groups excluding carboxylic acids is 1.